The standard InChI is InChI=1S/C15H20BrNO4/c1-17(10-9-15(19)20-2)14(18)4-3-11-21-13-7-5-12(16)6-8-13/h5-8H,3-4,9-11H2,1-2H3. The Bertz CT molecular complexity index is 461. The van der Waals surface area contributed by atoms with Gasteiger partial charge in [0.25, 0.3) is 0 Å². The van der Waals surface area contributed by atoms with E-state index in [1.54, 1.807) is 7.05 Å². The molecule has 0 heterocycles. The van der Waals surface area contributed by atoms with Crippen molar-refractivity contribution in [3.05, 3.63) is 28.7 Å². The SMILES string of the molecule is COC(=O)CCN(C)C(=O)CCCOc1ccc(Br)cc1. The van der Waals surface area contributed by atoms with Crippen LogP contribution in [0.1, 0.15) is 19.3 Å². The first-order valence-corrected chi connectivity index (χ1v) is 7.51. The molecule has 0 aliphatic carbocycles. The van der Waals surface area contributed by atoms with Gasteiger partial charge in [-0.2, -0.15) is 0 Å². The highest BCUT2D eigenvalue weighted by Crippen LogP contribution is 2.16. The number of hydrogen-bond donors (Lipinski definition) is 0. The van der Waals surface area contributed by atoms with Crippen LogP contribution in [0, 0.1) is 0 Å². The van der Waals surface area contributed by atoms with Crippen LogP contribution in [0.25, 0.3) is 0 Å². The van der Waals surface area contributed by atoms with Crippen LogP contribution in [-0.4, -0.2) is 44.1 Å². The molecule has 21 heavy (non-hydrogen) atoms. The van der Waals surface area contributed by atoms with Gasteiger partial charge in [-0.15, -0.1) is 0 Å². The van der Waals surface area contributed by atoms with E-state index in [2.05, 4.69) is 20.7 Å². The first kappa shape index (κ1) is 17.5. The minimum Gasteiger partial charge on any atom is -0.494 e. The summed E-state index contributed by atoms with van der Waals surface area (Å²) in [6, 6.07) is 7.55. The van der Waals surface area contributed by atoms with Gasteiger partial charge in [0.1, 0.15) is 5.75 Å². The molecule has 0 aliphatic heterocycles. The van der Waals surface area contributed by atoms with E-state index in [1.807, 2.05) is 24.3 Å². The summed E-state index contributed by atoms with van der Waals surface area (Å²) in [7, 11) is 3.02. The maximum absolute atomic E-state index is 11.8. The van der Waals surface area contributed by atoms with Gasteiger partial charge in [0, 0.05) is 24.5 Å². The molecular weight excluding hydrogens is 338 g/mol. The fraction of sp³-hybridized carbons (Fsp3) is 0.467. The van der Waals surface area contributed by atoms with Gasteiger partial charge in [-0.25, -0.2) is 0 Å². The highest BCUT2D eigenvalue weighted by molar-refractivity contribution is 9.10. The van der Waals surface area contributed by atoms with Crippen molar-refractivity contribution in [2.45, 2.75) is 19.3 Å². The number of amides is 1. The first-order chi connectivity index (χ1) is 10.0. The number of carbonyl (C=O) groups excluding carboxylic acids is 2. The Kier molecular flexibility index (Phi) is 7.82. The lowest BCUT2D eigenvalue weighted by atomic mass is 10.3. The molecule has 0 bridgehead atoms. The maximum atomic E-state index is 11.8. The maximum Gasteiger partial charge on any atom is 0.307 e. The molecule has 0 spiro atoms. The predicted octanol–water partition coefficient (Wildman–Crippen LogP) is 2.63. The van der Waals surface area contributed by atoms with E-state index in [0.717, 1.165) is 10.2 Å². The van der Waals surface area contributed by atoms with Crippen molar-refractivity contribution >= 4 is 27.8 Å². The smallest absolute Gasteiger partial charge is 0.307 e. The molecule has 0 fully saturated rings. The molecule has 6 heteroatoms. The van der Waals surface area contributed by atoms with Crippen molar-refractivity contribution in [2.75, 3.05) is 27.3 Å². The molecular formula is C15H20BrNO4. The van der Waals surface area contributed by atoms with Crippen LogP contribution < -0.4 is 4.74 Å². The fourth-order valence-corrected chi connectivity index (χ4v) is 1.89. The Balaban J connectivity index is 2.17. The highest BCUT2D eigenvalue weighted by Gasteiger charge is 2.10. The zero-order chi connectivity index (χ0) is 15.7. The molecule has 0 atom stereocenters. The molecule has 0 aliphatic rings. The number of esters is 1. The molecule has 1 amide bonds. The van der Waals surface area contributed by atoms with Crippen LogP contribution >= 0.6 is 15.9 Å². The molecule has 116 valence electrons. The molecule has 0 aromatic heterocycles. The number of hydrogen-bond acceptors (Lipinski definition) is 4. The van der Waals surface area contributed by atoms with Gasteiger partial charge in [0.2, 0.25) is 5.91 Å². The molecule has 0 saturated carbocycles. The number of methoxy groups -OCH3 is 1. The third-order valence-electron chi connectivity index (χ3n) is 2.92. The lowest BCUT2D eigenvalue weighted by Crippen LogP contribution is -2.29. The van der Waals surface area contributed by atoms with Gasteiger partial charge in [-0.1, -0.05) is 15.9 Å². The van der Waals surface area contributed by atoms with Gasteiger partial charge in [-0.3, -0.25) is 9.59 Å². The van der Waals surface area contributed by atoms with E-state index in [0.29, 0.717) is 26.0 Å². The number of nitrogens with zero attached hydrogens (tertiary/aromatic N) is 1. The average molecular weight is 358 g/mol. The number of rotatable bonds is 8. The van der Waals surface area contributed by atoms with E-state index in [9.17, 15) is 9.59 Å². The molecule has 1 aromatic carbocycles. The fourth-order valence-electron chi connectivity index (χ4n) is 1.62. The lowest BCUT2D eigenvalue weighted by Gasteiger charge is -2.16. The Morgan fingerprint density at radius 2 is 1.86 bits per heavy atom. The summed E-state index contributed by atoms with van der Waals surface area (Å²) < 4.78 is 11.1. The van der Waals surface area contributed by atoms with Gasteiger partial charge >= 0.3 is 5.97 Å². The molecule has 0 saturated heterocycles. The molecule has 0 radical (unpaired) electrons. The Hall–Kier alpha value is -1.56. The van der Waals surface area contributed by atoms with E-state index < -0.39 is 0 Å². The number of benzene rings is 1. The van der Waals surface area contributed by atoms with Crippen molar-refractivity contribution in [2.24, 2.45) is 0 Å². The summed E-state index contributed by atoms with van der Waals surface area (Å²) in [5.74, 6) is 0.469. The van der Waals surface area contributed by atoms with Crippen LogP contribution in [0.4, 0.5) is 0 Å². The summed E-state index contributed by atoms with van der Waals surface area (Å²) in [5.41, 5.74) is 0. The van der Waals surface area contributed by atoms with Crippen molar-refractivity contribution in [1.82, 2.24) is 4.90 Å². The highest BCUT2D eigenvalue weighted by atomic mass is 79.9. The molecule has 5 nitrogen and oxygen atoms in total. The van der Waals surface area contributed by atoms with Crippen LogP contribution in [0.3, 0.4) is 0 Å². The Morgan fingerprint density at radius 3 is 2.48 bits per heavy atom. The quantitative estimate of drug-likeness (QED) is 0.530. The minimum absolute atomic E-state index is 0.00157. The summed E-state index contributed by atoms with van der Waals surface area (Å²) in [5, 5.41) is 0. The van der Waals surface area contributed by atoms with Crippen molar-refractivity contribution in [3.63, 3.8) is 0 Å². The zero-order valence-electron chi connectivity index (χ0n) is 12.3. The molecule has 1 aromatic rings. The van der Waals surface area contributed by atoms with Crippen LogP contribution in [0.2, 0.25) is 0 Å². The van der Waals surface area contributed by atoms with Crippen molar-refractivity contribution in [1.29, 1.82) is 0 Å². The second-order valence-corrected chi connectivity index (χ2v) is 5.46. The zero-order valence-corrected chi connectivity index (χ0v) is 13.9. The first-order valence-electron chi connectivity index (χ1n) is 6.72. The second kappa shape index (κ2) is 9.39. The number of halogens is 1. The monoisotopic (exact) mass is 357 g/mol. The van der Waals surface area contributed by atoms with Crippen LogP contribution in [0.5, 0.6) is 5.75 Å². The predicted molar refractivity (Wildman–Crippen MR) is 83.1 cm³/mol. The summed E-state index contributed by atoms with van der Waals surface area (Å²) in [4.78, 5) is 24.3. The number of carbonyl (C=O) groups is 2. The van der Waals surface area contributed by atoms with Gasteiger partial charge in [0.05, 0.1) is 20.1 Å². The van der Waals surface area contributed by atoms with E-state index in [4.69, 9.17) is 4.74 Å². The average Bonchev–Trinajstić information content (AvgIpc) is 2.50. The summed E-state index contributed by atoms with van der Waals surface area (Å²) in [6.45, 7) is 0.858. The third kappa shape index (κ3) is 7.13. The third-order valence-corrected chi connectivity index (χ3v) is 3.45. The van der Waals surface area contributed by atoms with E-state index >= 15 is 0 Å². The van der Waals surface area contributed by atoms with E-state index in [1.165, 1.54) is 12.0 Å². The molecule has 1 rings (SSSR count). The summed E-state index contributed by atoms with van der Waals surface area (Å²) >= 11 is 3.35. The van der Waals surface area contributed by atoms with Gasteiger partial charge in [0.15, 0.2) is 0 Å². The van der Waals surface area contributed by atoms with E-state index in [-0.39, 0.29) is 18.3 Å². The van der Waals surface area contributed by atoms with Crippen LogP contribution in [0.15, 0.2) is 28.7 Å². The molecule has 0 unspecified atom stereocenters. The largest absolute Gasteiger partial charge is 0.494 e. The summed E-state index contributed by atoms with van der Waals surface area (Å²) in [6.07, 6.45) is 1.25. The second-order valence-electron chi connectivity index (χ2n) is 4.55. The van der Waals surface area contributed by atoms with Crippen LogP contribution in [-0.2, 0) is 14.3 Å². The topological polar surface area (TPSA) is 55.8 Å². The number of ether oxygens (including phenoxy) is 2. The Labute approximate surface area is 133 Å². The van der Waals surface area contributed by atoms with Gasteiger partial charge < -0.3 is 14.4 Å². The lowest BCUT2D eigenvalue weighted by molar-refractivity contribution is -0.141. The van der Waals surface area contributed by atoms with Crippen molar-refractivity contribution < 1.29 is 19.1 Å². The normalized spacial score (nSPS) is 10.0. The minimum atomic E-state index is -0.312. The van der Waals surface area contributed by atoms with Gasteiger partial charge in [-0.05, 0) is 30.7 Å². The molecule has 0 N–H and O–H groups in total. The Morgan fingerprint density at radius 1 is 1.19 bits per heavy atom. The van der Waals surface area contributed by atoms with Crippen molar-refractivity contribution in [3.8, 4) is 5.75 Å².